The summed E-state index contributed by atoms with van der Waals surface area (Å²) in [5.74, 6) is 0.887. The van der Waals surface area contributed by atoms with Crippen molar-refractivity contribution in [2.45, 2.75) is 13.5 Å². The highest BCUT2D eigenvalue weighted by Gasteiger charge is 2.14. The van der Waals surface area contributed by atoms with E-state index in [0.29, 0.717) is 13.2 Å². The van der Waals surface area contributed by atoms with Gasteiger partial charge in [-0.15, -0.1) is 0 Å². The normalized spacial score (nSPS) is 11.4. The van der Waals surface area contributed by atoms with Crippen molar-refractivity contribution in [3.63, 3.8) is 0 Å². The number of nitrogens with zero attached hydrogens (tertiary/aromatic N) is 3. The molecule has 2 aromatic heterocycles. The quantitative estimate of drug-likeness (QED) is 0.450. The minimum atomic E-state index is 0.575. The predicted octanol–water partition coefficient (Wildman–Crippen LogP) is 5.13. The topological polar surface area (TPSA) is 39.9 Å². The van der Waals surface area contributed by atoms with Gasteiger partial charge in [-0.2, -0.15) is 0 Å². The summed E-state index contributed by atoms with van der Waals surface area (Å²) in [6.07, 6.45) is 0. The summed E-state index contributed by atoms with van der Waals surface area (Å²) in [6, 6.07) is 24.5. The number of rotatable bonds is 4. The average Bonchev–Trinajstić information content (AvgIpc) is 3.01. The Kier molecular flexibility index (Phi) is 3.75. The number of fused-ring (bicyclic) bond motifs is 4. The van der Waals surface area contributed by atoms with Crippen LogP contribution in [0.2, 0.25) is 0 Å². The van der Waals surface area contributed by atoms with Gasteiger partial charge < -0.3 is 9.30 Å². The van der Waals surface area contributed by atoms with Crippen LogP contribution >= 0.6 is 0 Å². The largest absolute Gasteiger partial charge is 0.492 e. The van der Waals surface area contributed by atoms with E-state index < -0.39 is 0 Å². The number of aryl methyl sites for hydroxylation is 1. The van der Waals surface area contributed by atoms with Crippen LogP contribution in [0.1, 0.15) is 5.56 Å². The highest BCUT2D eigenvalue weighted by atomic mass is 16.5. The van der Waals surface area contributed by atoms with Crippen molar-refractivity contribution in [1.29, 1.82) is 0 Å². The molecule has 0 radical (unpaired) electrons. The zero-order valence-electron chi connectivity index (χ0n) is 15.1. The van der Waals surface area contributed by atoms with Gasteiger partial charge in [-0.05, 0) is 37.3 Å². The third-order valence-corrected chi connectivity index (χ3v) is 4.86. The lowest BCUT2D eigenvalue weighted by Gasteiger charge is -2.09. The van der Waals surface area contributed by atoms with Crippen LogP contribution in [0.5, 0.6) is 5.75 Å². The van der Waals surface area contributed by atoms with Gasteiger partial charge in [0.25, 0.3) is 0 Å². The van der Waals surface area contributed by atoms with E-state index in [4.69, 9.17) is 14.7 Å². The number of hydrogen-bond acceptors (Lipinski definition) is 3. The number of ether oxygens (including phenoxy) is 1. The fourth-order valence-corrected chi connectivity index (χ4v) is 3.50. The lowest BCUT2D eigenvalue weighted by molar-refractivity contribution is 0.302. The summed E-state index contributed by atoms with van der Waals surface area (Å²) >= 11 is 0. The van der Waals surface area contributed by atoms with Gasteiger partial charge >= 0.3 is 0 Å². The van der Waals surface area contributed by atoms with Crippen LogP contribution in [0.3, 0.4) is 0 Å². The van der Waals surface area contributed by atoms with Crippen LogP contribution < -0.4 is 4.74 Å². The molecule has 4 nitrogen and oxygen atoms in total. The van der Waals surface area contributed by atoms with Crippen molar-refractivity contribution in [2.24, 2.45) is 0 Å². The molecule has 0 aliphatic carbocycles. The van der Waals surface area contributed by atoms with Gasteiger partial charge in [0.15, 0.2) is 5.65 Å². The average molecular weight is 353 g/mol. The predicted molar refractivity (Wildman–Crippen MR) is 109 cm³/mol. The van der Waals surface area contributed by atoms with Crippen LogP contribution in [0.15, 0.2) is 72.8 Å². The Balaban J connectivity index is 1.56. The van der Waals surface area contributed by atoms with E-state index in [9.17, 15) is 0 Å². The van der Waals surface area contributed by atoms with Crippen LogP contribution in [0.4, 0.5) is 0 Å². The zero-order chi connectivity index (χ0) is 18.2. The van der Waals surface area contributed by atoms with E-state index in [-0.39, 0.29) is 0 Å². The second-order valence-electron chi connectivity index (χ2n) is 6.71. The van der Waals surface area contributed by atoms with Gasteiger partial charge in [0, 0.05) is 5.39 Å². The number of para-hydroxylation sites is 3. The molecule has 3 aromatic carbocycles. The van der Waals surface area contributed by atoms with E-state index in [1.165, 1.54) is 5.56 Å². The van der Waals surface area contributed by atoms with Crippen molar-refractivity contribution in [3.05, 3.63) is 78.4 Å². The minimum absolute atomic E-state index is 0.575. The van der Waals surface area contributed by atoms with Crippen molar-refractivity contribution in [1.82, 2.24) is 14.5 Å². The first-order chi connectivity index (χ1) is 13.3. The maximum absolute atomic E-state index is 5.95. The standard InChI is InChI=1S/C23H19N3O/c1-16-10-12-17(13-11-16)27-15-14-26-21-9-5-2-6-18(21)22-23(26)25-20-8-4-3-7-19(20)24-22/h2-13H,14-15H2,1H3. The molecule has 0 amide bonds. The summed E-state index contributed by atoms with van der Waals surface area (Å²) in [4.78, 5) is 9.78. The Bertz CT molecular complexity index is 1260. The molecule has 0 N–H and O–H groups in total. The van der Waals surface area contributed by atoms with E-state index in [2.05, 4.69) is 41.8 Å². The lowest BCUT2D eigenvalue weighted by Crippen LogP contribution is -2.08. The zero-order valence-corrected chi connectivity index (χ0v) is 15.1. The first-order valence-electron chi connectivity index (χ1n) is 9.13. The van der Waals surface area contributed by atoms with Gasteiger partial charge in [-0.3, -0.25) is 0 Å². The monoisotopic (exact) mass is 353 g/mol. The smallest absolute Gasteiger partial charge is 0.160 e. The number of hydrogen-bond donors (Lipinski definition) is 0. The van der Waals surface area contributed by atoms with Gasteiger partial charge in [-0.1, -0.05) is 48.0 Å². The molecule has 5 aromatic rings. The van der Waals surface area contributed by atoms with Crippen molar-refractivity contribution in [3.8, 4) is 5.75 Å². The van der Waals surface area contributed by atoms with Crippen LogP contribution in [-0.4, -0.2) is 21.1 Å². The molecule has 0 spiro atoms. The molecule has 0 aliphatic heterocycles. The van der Waals surface area contributed by atoms with E-state index in [0.717, 1.165) is 38.8 Å². The maximum Gasteiger partial charge on any atom is 0.160 e. The maximum atomic E-state index is 5.95. The first kappa shape index (κ1) is 15.8. The molecule has 0 fully saturated rings. The molecule has 5 rings (SSSR count). The Hall–Kier alpha value is -3.40. The van der Waals surface area contributed by atoms with Crippen LogP contribution in [0.25, 0.3) is 33.1 Å². The van der Waals surface area contributed by atoms with E-state index in [1.807, 2.05) is 42.5 Å². The van der Waals surface area contributed by atoms with Gasteiger partial charge in [0.05, 0.1) is 23.1 Å². The van der Waals surface area contributed by atoms with Gasteiger partial charge in [0.2, 0.25) is 0 Å². The Labute approximate surface area is 157 Å². The first-order valence-corrected chi connectivity index (χ1v) is 9.13. The number of aromatic nitrogens is 3. The molecule has 0 aliphatic rings. The lowest BCUT2D eigenvalue weighted by atomic mass is 10.2. The molecule has 132 valence electrons. The second-order valence-corrected chi connectivity index (χ2v) is 6.71. The third-order valence-electron chi connectivity index (χ3n) is 4.86. The van der Waals surface area contributed by atoms with Gasteiger partial charge in [-0.25, -0.2) is 9.97 Å². The Morgan fingerprint density at radius 3 is 2.33 bits per heavy atom. The highest BCUT2D eigenvalue weighted by molar-refractivity contribution is 6.06. The molecule has 2 heterocycles. The Morgan fingerprint density at radius 1 is 0.815 bits per heavy atom. The molecule has 0 unspecified atom stereocenters. The van der Waals surface area contributed by atoms with Crippen LogP contribution in [-0.2, 0) is 6.54 Å². The van der Waals surface area contributed by atoms with Gasteiger partial charge in [0.1, 0.15) is 17.9 Å². The molecule has 0 bridgehead atoms. The second kappa shape index (κ2) is 6.40. The SMILES string of the molecule is Cc1ccc(OCCn2c3ccccc3c3nc4ccccc4nc32)cc1. The molecule has 0 saturated heterocycles. The Morgan fingerprint density at radius 2 is 1.52 bits per heavy atom. The summed E-state index contributed by atoms with van der Waals surface area (Å²) in [6.45, 7) is 3.36. The summed E-state index contributed by atoms with van der Waals surface area (Å²) in [5.41, 5.74) is 6.04. The molecular weight excluding hydrogens is 334 g/mol. The summed E-state index contributed by atoms with van der Waals surface area (Å²) < 4.78 is 8.16. The highest BCUT2D eigenvalue weighted by Crippen LogP contribution is 2.28. The molecule has 0 saturated carbocycles. The van der Waals surface area contributed by atoms with Crippen molar-refractivity contribution in [2.75, 3.05) is 6.61 Å². The molecular formula is C23H19N3O. The van der Waals surface area contributed by atoms with Crippen LogP contribution in [0, 0.1) is 6.92 Å². The number of benzene rings is 3. The summed E-state index contributed by atoms with van der Waals surface area (Å²) in [5, 5.41) is 1.13. The minimum Gasteiger partial charge on any atom is -0.492 e. The third kappa shape index (κ3) is 2.79. The van der Waals surface area contributed by atoms with Crippen molar-refractivity contribution >= 4 is 33.1 Å². The fraction of sp³-hybridized carbons (Fsp3) is 0.130. The molecule has 4 heteroatoms. The van der Waals surface area contributed by atoms with E-state index >= 15 is 0 Å². The summed E-state index contributed by atoms with van der Waals surface area (Å²) in [7, 11) is 0. The van der Waals surface area contributed by atoms with E-state index in [1.54, 1.807) is 0 Å². The molecule has 27 heavy (non-hydrogen) atoms. The molecule has 0 atom stereocenters. The fourth-order valence-electron chi connectivity index (χ4n) is 3.50. The van der Waals surface area contributed by atoms with Crippen molar-refractivity contribution < 1.29 is 4.74 Å².